The predicted octanol–water partition coefficient (Wildman–Crippen LogP) is 3.38. The van der Waals surface area contributed by atoms with Crippen molar-refractivity contribution >= 4 is 12.0 Å². The first kappa shape index (κ1) is 16.4. The Bertz CT molecular complexity index is 422. The van der Waals surface area contributed by atoms with E-state index in [1.165, 1.54) is 7.11 Å². The third-order valence-electron chi connectivity index (χ3n) is 2.13. The number of carbonyl (C=O) groups excluding carboxylic acids is 1. The summed E-state index contributed by atoms with van der Waals surface area (Å²) in [5.74, 6) is -0.281. The predicted molar refractivity (Wildman–Crippen MR) is 69.7 cm³/mol. The van der Waals surface area contributed by atoms with E-state index in [0.29, 0.717) is 5.57 Å². The molecule has 0 aliphatic carbocycles. The minimum atomic E-state index is -0.281. The molecule has 2 nitrogen and oxygen atoms in total. The molecule has 2 aromatic carbocycles. The Morgan fingerprint density at radius 3 is 1.94 bits per heavy atom. The number of methoxy groups -OCH3 is 1. The molecular weight excluding hydrogens is 268 g/mol. The van der Waals surface area contributed by atoms with Gasteiger partial charge >= 0.3 is 0 Å². The Labute approximate surface area is 118 Å². The molecule has 0 unspecified atom stereocenters. The van der Waals surface area contributed by atoms with Crippen molar-refractivity contribution in [3.05, 3.63) is 65.7 Å². The van der Waals surface area contributed by atoms with E-state index in [1.54, 1.807) is 13.0 Å². The third-order valence-corrected chi connectivity index (χ3v) is 2.13. The van der Waals surface area contributed by atoms with Crippen LogP contribution in [0.3, 0.4) is 0 Å². The fourth-order valence-electron chi connectivity index (χ4n) is 1.28. The van der Waals surface area contributed by atoms with Gasteiger partial charge in [0.25, 0.3) is 5.97 Å². The molecule has 0 heterocycles. The van der Waals surface area contributed by atoms with Crippen molar-refractivity contribution < 1.29 is 26.6 Å². The van der Waals surface area contributed by atoms with Crippen molar-refractivity contribution in [2.24, 2.45) is 0 Å². The molecule has 0 fully saturated rings. The number of carbonyl (C=O) groups is 1. The van der Waals surface area contributed by atoms with E-state index < -0.39 is 0 Å². The zero-order chi connectivity index (χ0) is 12.5. The van der Waals surface area contributed by atoms with Gasteiger partial charge in [0.1, 0.15) is 0 Å². The number of rotatable bonds is 2. The Balaban J connectivity index is 0.000000405. The topological polar surface area (TPSA) is 26.3 Å². The van der Waals surface area contributed by atoms with Crippen LogP contribution in [0, 0.1) is 0 Å². The molecule has 0 spiro atoms. The minimum Gasteiger partial charge on any atom is -0.748 e. The van der Waals surface area contributed by atoms with Crippen LogP contribution in [0.4, 0.5) is 0 Å². The van der Waals surface area contributed by atoms with Crippen LogP contribution in [0.25, 0.3) is 6.08 Å². The second kappa shape index (κ2) is 9.46. The van der Waals surface area contributed by atoms with Gasteiger partial charge in [-0.1, -0.05) is 6.92 Å². The zero-order valence-electron chi connectivity index (χ0n) is 10.4. The van der Waals surface area contributed by atoms with E-state index in [2.05, 4.69) is 4.74 Å². The maximum atomic E-state index is 10.9. The Morgan fingerprint density at radius 1 is 1.11 bits per heavy atom. The van der Waals surface area contributed by atoms with E-state index in [9.17, 15) is 4.79 Å². The van der Waals surface area contributed by atoms with Crippen molar-refractivity contribution in [2.75, 3.05) is 7.11 Å². The molecule has 3 heteroatoms. The standard InChI is InChI=1S/C10H11O2.C5H5.Fe/c1-8(10(11)12-2)7-9-5-3-4-6-9;1-2-4-5-3-1;/h3-7H,1-2H3;1-5H;/q-1;-5;. The van der Waals surface area contributed by atoms with Gasteiger partial charge in [0.05, 0.1) is 7.11 Å². The largest absolute Gasteiger partial charge is 0.748 e. The third kappa shape index (κ3) is 6.24. The van der Waals surface area contributed by atoms with Gasteiger partial charge in [-0.15, -0.1) is 23.8 Å². The van der Waals surface area contributed by atoms with E-state index in [0.717, 1.165) is 5.56 Å². The zero-order valence-corrected chi connectivity index (χ0v) is 11.5. The molecule has 0 radical (unpaired) electrons. The van der Waals surface area contributed by atoms with Gasteiger partial charge in [0, 0.05) is 17.1 Å². The summed E-state index contributed by atoms with van der Waals surface area (Å²) in [6.07, 6.45) is 1.80. The summed E-state index contributed by atoms with van der Waals surface area (Å²) in [7, 11) is 1.38. The minimum absolute atomic E-state index is 0. The molecule has 0 aliphatic rings. The normalized spacial score (nSPS) is 9.78. The molecule has 102 valence electrons. The molecule has 0 atom stereocenters. The first-order valence-electron chi connectivity index (χ1n) is 5.39. The maximum Gasteiger partial charge on any atom is 0.291 e. The van der Waals surface area contributed by atoms with E-state index in [4.69, 9.17) is 0 Å². The molecule has 0 N–H and O–H groups in total. The van der Waals surface area contributed by atoms with Crippen LogP contribution in [0.1, 0.15) is 12.5 Å². The van der Waals surface area contributed by atoms with Crippen LogP contribution in [0.5, 0.6) is 0 Å². The maximum absolute atomic E-state index is 10.9. The Kier molecular flexibility index (Phi) is 8.63. The van der Waals surface area contributed by atoms with Crippen molar-refractivity contribution in [2.45, 2.75) is 6.92 Å². The van der Waals surface area contributed by atoms with Gasteiger partial charge in [0.2, 0.25) is 0 Å². The number of ether oxygens (including phenoxy) is 1. The Morgan fingerprint density at radius 2 is 1.56 bits per heavy atom. The molecule has 0 bridgehead atoms. The average Bonchev–Trinajstić information content (AvgIpc) is 3.02. The summed E-state index contributed by atoms with van der Waals surface area (Å²) in [5.41, 5.74) is 1.64. The van der Waals surface area contributed by atoms with Crippen LogP contribution in [0.15, 0.2) is 60.2 Å². The van der Waals surface area contributed by atoms with Gasteiger partial charge in [-0.25, -0.2) is 0 Å². The van der Waals surface area contributed by atoms with Gasteiger partial charge in [-0.05, 0) is 5.57 Å². The van der Waals surface area contributed by atoms with E-state index >= 15 is 0 Å². The smallest absolute Gasteiger partial charge is 0.291 e. The van der Waals surface area contributed by atoms with Gasteiger partial charge in [-0.3, -0.25) is 4.79 Å². The molecule has 0 aromatic heterocycles. The SMILES string of the molecule is COC(=O)C(C)=C[c-]1cccc1.[Fe].[cH-]1[cH-][cH-][cH-][cH-]1. The van der Waals surface area contributed by atoms with Gasteiger partial charge in [0.15, 0.2) is 0 Å². The van der Waals surface area contributed by atoms with Crippen LogP contribution in [0.2, 0.25) is 0 Å². The molecule has 2 aromatic rings. The van der Waals surface area contributed by atoms with Crippen molar-refractivity contribution in [3.63, 3.8) is 0 Å². The van der Waals surface area contributed by atoms with Crippen molar-refractivity contribution in [1.82, 2.24) is 0 Å². The van der Waals surface area contributed by atoms with Gasteiger partial charge in [-0.2, -0.15) is 12.1 Å². The van der Waals surface area contributed by atoms with Crippen LogP contribution in [-0.4, -0.2) is 13.1 Å². The quantitative estimate of drug-likeness (QED) is 0.366. The first-order chi connectivity index (χ1) is 8.24. The van der Waals surface area contributed by atoms with Crippen LogP contribution in [-0.2, 0) is 26.6 Å². The van der Waals surface area contributed by atoms with Crippen LogP contribution < -0.4 is 0 Å². The molecular formula is C15H16FeO2-6. The second-order valence-corrected chi connectivity index (χ2v) is 3.50. The molecule has 0 aliphatic heterocycles. The summed E-state index contributed by atoms with van der Waals surface area (Å²) in [4.78, 5) is 10.9. The summed E-state index contributed by atoms with van der Waals surface area (Å²) >= 11 is 0. The average molecular weight is 284 g/mol. The number of hydrogen-bond donors (Lipinski definition) is 0. The summed E-state index contributed by atoms with van der Waals surface area (Å²) in [6, 6.07) is 17.7. The van der Waals surface area contributed by atoms with E-state index in [-0.39, 0.29) is 23.0 Å². The fourth-order valence-corrected chi connectivity index (χ4v) is 1.28. The number of hydrogen-bond acceptors (Lipinski definition) is 2. The molecule has 0 saturated heterocycles. The fraction of sp³-hybridized carbons (Fsp3) is 0.133. The molecule has 0 saturated carbocycles. The molecule has 18 heavy (non-hydrogen) atoms. The summed E-state index contributed by atoms with van der Waals surface area (Å²) < 4.78 is 4.55. The second-order valence-electron chi connectivity index (χ2n) is 3.50. The van der Waals surface area contributed by atoms with Gasteiger partial charge < -0.3 is 35.1 Å². The summed E-state index contributed by atoms with van der Waals surface area (Å²) in [5, 5.41) is 0. The summed E-state index contributed by atoms with van der Waals surface area (Å²) in [6.45, 7) is 1.73. The molecule has 0 amide bonds. The van der Waals surface area contributed by atoms with Crippen molar-refractivity contribution in [1.29, 1.82) is 0 Å². The Hall–Kier alpha value is -1.57. The first-order valence-corrected chi connectivity index (χ1v) is 5.39. The van der Waals surface area contributed by atoms with Crippen LogP contribution >= 0.6 is 0 Å². The molecule has 2 rings (SSSR count). The number of esters is 1. The van der Waals surface area contributed by atoms with E-state index in [1.807, 2.05) is 54.6 Å². The van der Waals surface area contributed by atoms with Crippen molar-refractivity contribution in [3.8, 4) is 0 Å². The monoisotopic (exact) mass is 284 g/mol.